The number of aromatic amines is 1. The Bertz CT molecular complexity index is 870. The summed E-state index contributed by atoms with van der Waals surface area (Å²) in [7, 11) is 3.79. The van der Waals surface area contributed by atoms with Crippen LogP contribution in [0.1, 0.15) is 0 Å². The van der Waals surface area contributed by atoms with Crippen molar-refractivity contribution in [3.05, 3.63) is 30.5 Å². The van der Waals surface area contributed by atoms with Crippen LogP contribution in [0.15, 0.2) is 30.5 Å². The van der Waals surface area contributed by atoms with Crippen LogP contribution in [0.4, 0.5) is 17.5 Å². The summed E-state index contributed by atoms with van der Waals surface area (Å²) in [5, 5.41) is 11.3. The maximum Gasteiger partial charge on any atom is 0.229 e. The third-order valence-electron chi connectivity index (χ3n) is 4.42. The van der Waals surface area contributed by atoms with E-state index in [2.05, 4.69) is 37.3 Å². The van der Waals surface area contributed by atoms with Crippen molar-refractivity contribution < 1.29 is 4.74 Å². The highest BCUT2D eigenvalue weighted by Gasteiger charge is 2.19. The number of piperazine rings is 1. The molecule has 0 unspecified atom stereocenters. The topological polar surface area (TPSA) is 82.2 Å². The molecule has 0 amide bonds. The Hall–Kier alpha value is -2.87. The van der Waals surface area contributed by atoms with Gasteiger partial charge in [0.1, 0.15) is 11.6 Å². The van der Waals surface area contributed by atoms with Crippen molar-refractivity contribution in [3.8, 4) is 5.75 Å². The van der Waals surface area contributed by atoms with E-state index >= 15 is 0 Å². The zero-order valence-corrected chi connectivity index (χ0v) is 14.4. The average Bonchev–Trinajstić information content (AvgIpc) is 3.11. The molecule has 3 aromatic rings. The first-order valence-corrected chi connectivity index (χ1v) is 8.28. The minimum Gasteiger partial charge on any atom is -0.497 e. The van der Waals surface area contributed by atoms with Crippen molar-refractivity contribution >= 4 is 28.5 Å². The Labute approximate surface area is 145 Å². The summed E-state index contributed by atoms with van der Waals surface area (Å²) in [6, 6.07) is 7.76. The smallest absolute Gasteiger partial charge is 0.229 e. The highest BCUT2D eigenvalue weighted by Crippen LogP contribution is 2.27. The van der Waals surface area contributed by atoms with E-state index in [-0.39, 0.29) is 0 Å². The van der Waals surface area contributed by atoms with Crippen LogP contribution in [0.25, 0.3) is 11.0 Å². The van der Waals surface area contributed by atoms with E-state index in [0.717, 1.165) is 60.4 Å². The number of methoxy groups -OCH3 is 1. The molecule has 130 valence electrons. The van der Waals surface area contributed by atoms with E-state index < -0.39 is 0 Å². The normalized spacial score (nSPS) is 15.5. The lowest BCUT2D eigenvalue weighted by Crippen LogP contribution is -2.45. The second kappa shape index (κ2) is 6.56. The minimum absolute atomic E-state index is 0.718. The molecule has 4 rings (SSSR count). The molecule has 1 aliphatic rings. The zero-order valence-electron chi connectivity index (χ0n) is 14.4. The predicted octanol–water partition coefficient (Wildman–Crippen LogP) is 1.86. The Kier molecular flexibility index (Phi) is 4.10. The van der Waals surface area contributed by atoms with Gasteiger partial charge >= 0.3 is 0 Å². The van der Waals surface area contributed by atoms with Crippen LogP contribution in [-0.4, -0.2) is 65.4 Å². The van der Waals surface area contributed by atoms with Crippen LogP contribution in [0.3, 0.4) is 0 Å². The Balaban J connectivity index is 1.68. The lowest BCUT2D eigenvalue weighted by molar-refractivity contribution is 0.311. The fraction of sp³-hybridized carbons (Fsp3) is 0.353. The van der Waals surface area contributed by atoms with Crippen LogP contribution in [0.5, 0.6) is 5.75 Å². The largest absolute Gasteiger partial charge is 0.497 e. The van der Waals surface area contributed by atoms with Gasteiger partial charge in [0.15, 0.2) is 5.65 Å². The summed E-state index contributed by atoms with van der Waals surface area (Å²) >= 11 is 0. The second-order valence-electron chi connectivity index (χ2n) is 6.15. The summed E-state index contributed by atoms with van der Waals surface area (Å²) in [5.41, 5.74) is 1.64. The van der Waals surface area contributed by atoms with Gasteiger partial charge in [-0.1, -0.05) is 6.07 Å². The molecule has 1 aliphatic heterocycles. The molecule has 3 heterocycles. The molecule has 2 aromatic heterocycles. The number of hydrogen-bond acceptors (Lipinski definition) is 7. The van der Waals surface area contributed by atoms with Crippen molar-refractivity contribution in [2.45, 2.75) is 0 Å². The van der Waals surface area contributed by atoms with Crippen LogP contribution in [0, 0.1) is 0 Å². The van der Waals surface area contributed by atoms with E-state index in [1.807, 2.05) is 24.3 Å². The van der Waals surface area contributed by atoms with Crippen LogP contribution < -0.4 is 15.0 Å². The first kappa shape index (κ1) is 15.6. The van der Waals surface area contributed by atoms with Gasteiger partial charge < -0.3 is 19.9 Å². The third-order valence-corrected chi connectivity index (χ3v) is 4.42. The van der Waals surface area contributed by atoms with E-state index in [4.69, 9.17) is 9.72 Å². The van der Waals surface area contributed by atoms with Crippen LogP contribution >= 0.6 is 0 Å². The maximum atomic E-state index is 5.29. The summed E-state index contributed by atoms with van der Waals surface area (Å²) < 4.78 is 5.29. The van der Waals surface area contributed by atoms with Gasteiger partial charge in [0.25, 0.3) is 0 Å². The average molecular weight is 339 g/mol. The van der Waals surface area contributed by atoms with Gasteiger partial charge in [0.05, 0.1) is 18.7 Å². The number of hydrogen-bond donors (Lipinski definition) is 2. The number of fused-ring (bicyclic) bond motifs is 1. The highest BCUT2D eigenvalue weighted by molar-refractivity contribution is 5.89. The zero-order chi connectivity index (χ0) is 17.2. The van der Waals surface area contributed by atoms with Crippen molar-refractivity contribution in [2.24, 2.45) is 0 Å². The minimum atomic E-state index is 0.718. The molecule has 2 N–H and O–H groups in total. The summed E-state index contributed by atoms with van der Waals surface area (Å²) in [4.78, 5) is 13.9. The van der Waals surface area contributed by atoms with E-state index in [0.29, 0.717) is 0 Å². The molecule has 0 radical (unpaired) electrons. The number of nitrogens with zero attached hydrogens (tertiary/aromatic N) is 5. The molecule has 0 atom stereocenters. The van der Waals surface area contributed by atoms with Gasteiger partial charge in [-0.2, -0.15) is 15.1 Å². The van der Waals surface area contributed by atoms with Crippen molar-refractivity contribution in [1.29, 1.82) is 0 Å². The number of anilines is 3. The molecule has 1 fully saturated rings. The first-order valence-electron chi connectivity index (χ1n) is 8.28. The SMILES string of the molecule is COc1cccc(Nc2nc(N3CCN(C)CC3)nc3[nH]ncc23)c1. The lowest BCUT2D eigenvalue weighted by atomic mass is 10.3. The third kappa shape index (κ3) is 3.20. The Morgan fingerprint density at radius 1 is 1.16 bits per heavy atom. The number of ether oxygens (including phenoxy) is 1. The molecule has 0 bridgehead atoms. The van der Waals surface area contributed by atoms with E-state index in [1.165, 1.54) is 0 Å². The quantitative estimate of drug-likeness (QED) is 0.751. The summed E-state index contributed by atoms with van der Waals surface area (Å²) in [5.74, 6) is 2.25. The van der Waals surface area contributed by atoms with Gasteiger partial charge in [-0.05, 0) is 19.2 Å². The number of nitrogens with one attached hydrogen (secondary N) is 2. The molecule has 8 nitrogen and oxygen atoms in total. The number of aromatic nitrogens is 4. The number of benzene rings is 1. The fourth-order valence-electron chi connectivity index (χ4n) is 2.90. The number of rotatable bonds is 4. The molecule has 0 saturated carbocycles. The molecule has 8 heteroatoms. The summed E-state index contributed by atoms with van der Waals surface area (Å²) in [6.07, 6.45) is 1.74. The molecule has 25 heavy (non-hydrogen) atoms. The number of H-pyrrole nitrogens is 1. The van der Waals surface area contributed by atoms with Gasteiger partial charge in [-0.25, -0.2) is 0 Å². The lowest BCUT2D eigenvalue weighted by Gasteiger charge is -2.32. The maximum absolute atomic E-state index is 5.29. The monoisotopic (exact) mass is 339 g/mol. The van der Waals surface area contributed by atoms with Crippen LogP contribution in [0.2, 0.25) is 0 Å². The summed E-state index contributed by atoms with van der Waals surface area (Å²) in [6.45, 7) is 3.83. The second-order valence-corrected chi connectivity index (χ2v) is 6.15. The van der Waals surface area contributed by atoms with Gasteiger partial charge in [0, 0.05) is 37.9 Å². The molecular weight excluding hydrogens is 318 g/mol. The standard InChI is InChI=1S/C17H21N7O/c1-23-6-8-24(9-7-23)17-20-15(14-11-18-22-16(14)21-17)19-12-4-3-5-13(10-12)25-2/h3-5,10-11H,6-9H2,1-2H3,(H2,18,19,20,21,22). The van der Waals surface area contributed by atoms with Gasteiger partial charge in [0.2, 0.25) is 5.95 Å². The molecular formula is C17H21N7O. The highest BCUT2D eigenvalue weighted by atomic mass is 16.5. The molecule has 0 aliphatic carbocycles. The Morgan fingerprint density at radius 3 is 2.80 bits per heavy atom. The van der Waals surface area contributed by atoms with Crippen molar-refractivity contribution in [3.63, 3.8) is 0 Å². The Morgan fingerprint density at radius 2 is 2.00 bits per heavy atom. The molecule has 0 spiro atoms. The van der Waals surface area contributed by atoms with Gasteiger partial charge in [-0.3, -0.25) is 5.10 Å². The van der Waals surface area contributed by atoms with Crippen LogP contribution in [-0.2, 0) is 0 Å². The van der Waals surface area contributed by atoms with Crippen molar-refractivity contribution in [2.75, 3.05) is 50.6 Å². The first-order chi connectivity index (χ1) is 12.2. The molecule has 1 aromatic carbocycles. The predicted molar refractivity (Wildman–Crippen MR) is 97.7 cm³/mol. The van der Waals surface area contributed by atoms with Gasteiger partial charge in [-0.15, -0.1) is 0 Å². The van der Waals surface area contributed by atoms with E-state index in [9.17, 15) is 0 Å². The van der Waals surface area contributed by atoms with Crippen molar-refractivity contribution in [1.82, 2.24) is 25.1 Å². The molecule has 1 saturated heterocycles. The fourth-order valence-corrected chi connectivity index (χ4v) is 2.90. The number of likely N-dealkylation sites (N-methyl/N-ethyl adjacent to an activating group) is 1. The van der Waals surface area contributed by atoms with E-state index in [1.54, 1.807) is 13.3 Å².